The standard InChI is InChI=1S/C17H22FN3O5S2/c1-3-26-16-5-4-14(12-15(16)18)28(24,25)21-9-6-13(7-10-21)27(22,23)17-19-8-11-20(17)2/h4-5,8,11-13H,3,6-7,9-10H2,1-2H3. The molecule has 1 aliphatic heterocycles. The number of hydrogen-bond acceptors (Lipinski definition) is 6. The van der Waals surface area contributed by atoms with E-state index in [-0.39, 0.29) is 48.3 Å². The van der Waals surface area contributed by atoms with E-state index in [9.17, 15) is 21.2 Å². The van der Waals surface area contributed by atoms with Crippen molar-refractivity contribution in [2.75, 3.05) is 19.7 Å². The van der Waals surface area contributed by atoms with Gasteiger partial charge in [0.1, 0.15) is 0 Å². The summed E-state index contributed by atoms with van der Waals surface area (Å²) in [6, 6.07) is 3.50. The monoisotopic (exact) mass is 431 g/mol. The van der Waals surface area contributed by atoms with Crippen molar-refractivity contribution in [3.05, 3.63) is 36.4 Å². The number of halogens is 1. The molecule has 154 valence electrons. The van der Waals surface area contributed by atoms with Crippen LogP contribution in [0.5, 0.6) is 5.75 Å². The van der Waals surface area contributed by atoms with Crippen molar-refractivity contribution in [1.29, 1.82) is 0 Å². The normalized spacial score (nSPS) is 17.0. The Morgan fingerprint density at radius 3 is 2.43 bits per heavy atom. The number of hydrogen-bond donors (Lipinski definition) is 0. The van der Waals surface area contributed by atoms with Crippen LogP contribution in [0, 0.1) is 5.82 Å². The molecule has 1 fully saturated rings. The summed E-state index contributed by atoms with van der Waals surface area (Å²) < 4.78 is 72.8. The van der Waals surface area contributed by atoms with Crippen LogP contribution >= 0.6 is 0 Å². The molecule has 0 radical (unpaired) electrons. The second-order valence-corrected chi connectivity index (χ2v) is 10.6. The minimum atomic E-state index is -3.93. The molecule has 1 aromatic carbocycles. The second-order valence-electron chi connectivity index (χ2n) is 6.49. The maximum atomic E-state index is 14.1. The highest BCUT2D eigenvalue weighted by Gasteiger charge is 2.37. The Hall–Kier alpha value is -1.98. The summed E-state index contributed by atoms with van der Waals surface area (Å²) in [7, 11) is -5.98. The smallest absolute Gasteiger partial charge is 0.243 e. The molecule has 0 aliphatic carbocycles. The third-order valence-corrected chi connectivity index (χ3v) is 8.86. The lowest BCUT2D eigenvalue weighted by Crippen LogP contribution is -2.42. The van der Waals surface area contributed by atoms with E-state index in [1.807, 2.05) is 0 Å². The van der Waals surface area contributed by atoms with Gasteiger partial charge in [0.15, 0.2) is 11.6 Å². The molecule has 0 spiro atoms. The summed E-state index contributed by atoms with van der Waals surface area (Å²) in [5.74, 6) is -0.767. The number of benzene rings is 1. The number of aryl methyl sites for hydroxylation is 1. The van der Waals surface area contributed by atoms with Gasteiger partial charge in [0, 0.05) is 32.5 Å². The van der Waals surface area contributed by atoms with E-state index in [0.717, 1.165) is 6.07 Å². The maximum absolute atomic E-state index is 14.1. The number of piperidine rings is 1. The molecular weight excluding hydrogens is 409 g/mol. The Morgan fingerprint density at radius 2 is 1.89 bits per heavy atom. The molecule has 0 N–H and O–H groups in total. The number of imidazole rings is 1. The van der Waals surface area contributed by atoms with Crippen molar-refractivity contribution < 1.29 is 26.0 Å². The van der Waals surface area contributed by atoms with Gasteiger partial charge in [-0.1, -0.05) is 0 Å². The fourth-order valence-electron chi connectivity index (χ4n) is 3.22. The van der Waals surface area contributed by atoms with E-state index in [4.69, 9.17) is 4.74 Å². The van der Waals surface area contributed by atoms with Crippen LogP contribution < -0.4 is 4.74 Å². The predicted octanol–water partition coefficient (Wildman–Crippen LogP) is 1.58. The van der Waals surface area contributed by atoms with Crippen LogP contribution in [0.15, 0.2) is 40.6 Å². The average Bonchev–Trinajstić information content (AvgIpc) is 3.10. The number of sulfone groups is 1. The minimum Gasteiger partial charge on any atom is -0.491 e. The van der Waals surface area contributed by atoms with E-state index in [1.165, 1.54) is 27.2 Å². The Morgan fingerprint density at radius 1 is 1.21 bits per heavy atom. The number of aromatic nitrogens is 2. The molecule has 0 atom stereocenters. The van der Waals surface area contributed by atoms with Gasteiger partial charge in [-0.25, -0.2) is 26.2 Å². The highest BCUT2D eigenvalue weighted by molar-refractivity contribution is 7.92. The molecule has 2 heterocycles. The highest BCUT2D eigenvalue weighted by Crippen LogP contribution is 2.28. The summed E-state index contributed by atoms with van der Waals surface area (Å²) in [4.78, 5) is 3.72. The molecule has 8 nitrogen and oxygen atoms in total. The number of rotatable bonds is 6. The van der Waals surface area contributed by atoms with Crippen LogP contribution in [-0.2, 0) is 26.9 Å². The number of ether oxygens (including phenoxy) is 1. The van der Waals surface area contributed by atoms with Crippen molar-refractivity contribution in [2.24, 2.45) is 7.05 Å². The first-order valence-electron chi connectivity index (χ1n) is 8.81. The first kappa shape index (κ1) is 20.7. The van der Waals surface area contributed by atoms with Crippen molar-refractivity contribution >= 4 is 19.9 Å². The molecule has 1 aliphatic rings. The zero-order chi connectivity index (χ0) is 20.5. The Kier molecular flexibility index (Phi) is 5.78. The maximum Gasteiger partial charge on any atom is 0.243 e. The molecule has 0 unspecified atom stereocenters. The van der Waals surface area contributed by atoms with Gasteiger partial charge in [-0.05, 0) is 38.0 Å². The molecule has 1 saturated heterocycles. The zero-order valence-corrected chi connectivity index (χ0v) is 17.2. The molecule has 0 saturated carbocycles. The van der Waals surface area contributed by atoms with Crippen LogP contribution in [0.4, 0.5) is 4.39 Å². The lowest BCUT2D eigenvalue weighted by molar-refractivity contribution is 0.320. The first-order chi connectivity index (χ1) is 13.2. The van der Waals surface area contributed by atoms with Crippen molar-refractivity contribution in [3.63, 3.8) is 0 Å². The van der Waals surface area contributed by atoms with Crippen molar-refractivity contribution in [3.8, 4) is 5.75 Å². The van der Waals surface area contributed by atoms with Crippen LogP contribution in [0.25, 0.3) is 0 Å². The van der Waals surface area contributed by atoms with E-state index in [2.05, 4.69) is 4.98 Å². The lowest BCUT2D eigenvalue weighted by atomic mass is 10.2. The second kappa shape index (κ2) is 7.80. The number of nitrogens with zero attached hydrogens (tertiary/aromatic N) is 3. The molecule has 0 amide bonds. The van der Waals surface area contributed by atoms with Gasteiger partial charge in [-0.3, -0.25) is 0 Å². The summed E-state index contributed by atoms with van der Waals surface area (Å²) in [6.07, 6.45) is 3.25. The van der Waals surface area contributed by atoms with Crippen LogP contribution in [0.2, 0.25) is 0 Å². The van der Waals surface area contributed by atoms with Gasteiger partial charge < -0.3 is 9.30 Å². The van der Waals surface area contributed by atoms with E-state index >= 15 is 0 Å². The Balaban J connectivity index is 1.75. The molecule has 2 aromatic rings. The van der Waals surface area contributed by atoms with E-state index < -0.39 is 30.9 Å². The van der Waals surface area contributed by atoms with Gasteiger partial charge >= 0.3 is 0 Å². The summed E-state index contributed by atoms with van der Waals surface area (Å²) in [6.45, 7) is 2.03. The molecule has 1 aromatic heterocycles. The molecule has 3 rings (SSSR count). The third-order valence-electron chi connectivity index (χ3n) is 4.71. The Bertz CT molecular complexity index is 1060. The summed E-state index contributed by atoms with van der Waals surface area (Å²) in [5, 5.41) is -0.737. The highest BCUT2D eigenvalue weighted by atomic mass is 32.2. The van der Waals surface area contributed by atoms with Crippen LogP contribution in [0.3, 0.4) is 0 Å². The van der Waals surface area contributed by atoms with E-state index in [0.29, 0.717) is 0 Å². The average molecular weight is 432 g/mol. The van der Waals surface area contributed by atoms with E-state index in [1.54, 1.807) is 20.2 Å². The molecule has 0 bridgehead atoms. The fraction of sp³-hybridized carbons (Fsp3) is 0.471. The van der Waals surface area contributed by atoms with Crippen LogP contribution in [-0.4, -0.2) is 55.6 Å². The van der Waals surface area contributed by atoms with Crippen molar-refractivity contribution in [1.82, 2.24) is 13.9 Å². The lowest BCUT2D eigenvalue weighted by Gasteiger charge is -2.30. The number of sulfonamides is 1. The molecule has 11 heteroatoms. The Labute approximate surface area is 163 Å². The molecule has 28 heavy (non-hydrogen) atoms. The van der Waals surface area contributed by atoms with Crippen molar-refractivity contribution in [2.45, 2.75) is 35.1 Å². The molecular formula is C17H22FN3O5S2. The topological polar surface area (TPSA) is 98.6 Å². The van der Waals surface area contributed by atoms with Gasteiger partial charge in [-0.15, -0.1) is 0 Å². The largest absolute Gasteiger partial charge is 0.491 e. The fourth-order valence-corrected chi connectivity index (χ4v) is 6.50. The third kappa shape index (κ3) is 3.78. The van der Waals surface area contributed by atoms with Gasteiger partial charge in [-0.2, -0.15) is 4.31 Å². The van der Waals surface area contributed by atoms with Gasteiger partial charge in [0.25, 0.3) is 0 Å². The summed E-state index contributed by atoms with van der Waals surface area (Å²) in [5.41, 5.74) is 0. The van der Waals surface area contributed by atoms with Gasteiger partial charge in [0.2, 0.25) is 25.0 Å². The quantitative estimate of drug-likeness (QED) is 0.689. The summed E-state index contributed by atoms with van der Waals surface area (Å²) >= 11 is 0. The van der Waals surface area contributed by atoms with Gasteiger partial charge in [0.05, 0.1) is 16.8 Å². The SMILES string of the molecule is CCOc1ccc(S(=O)(=O)N2CCC(S(=O)(=O)c3nccn3C)CC2)cc1F. The predicted molar refractivity (Wildman–Crippen MR) is 99.7 cm³/mol. The first-order valence-corrected chi connectivity index (χ1v) is 11.8. The minimum absolute atomic E-state index is 0.0127. The zero-order valence-electron chi connectivity index (χ0n) is 15.6. The van der Waals surface area contributed by atoms with Crippen LogP contribution in [0.1, 0.15) is 19.8 Å².